The van der Waals surface area contributed by atoms with Crippen molar-refractivity contribution in [3.8, 4) is 0 Å². The van der Waals surface area contributed by atoms with Crippen LogP contribution in [0.4, 0.5) is 5.82 Å². The number of hydrogen-bond acceptors (Lipinski definition) is 4. The fourth-order valence-corrected chi connectivity index (χ4v) is 4.73. The van der Waals surface area contributed by atoms with Gasteiger partial charge in [0.05, 0.1) is 11.1 Å². The van der Waals surface area contributed by atoms with Gasteiger partial charge in [-0.25, -0.2) is 4.98 Å². The Balaban J connectivity index is 1.24. The molecule has 2 saturated heterocycles. The van der Waals surface area contributed by atoms with E-state index >= 15 is 0 Å². The highest BCUT2D eigenvalue weighted by molar-refractivity contribution is 6.30. The first-order valence-corrected chi connectivity index (χ1v) is 11.4. The third kappa shape index (κ3) is 5.13. The van der Waals surface area contributed by atoms with Gasteiger partial charge >= 0.3 is 0 Å². The van der Waals surface area contributed by atoms with Crippen LogP contribution in [0.25, 0.3) is 0 Å². The Hall–Kier alpha value is -2.11. The van der Waals surface area contributed by atoms with Crippen molar-refractivity contribution in [3.63, 3.8) is 0 Å². The van der Waals surface area contributed by atoms with Crippen LogP contribution in [0.15, 0.2) is 48.7 Å². The Morgan fingerprint density at radius 2 is 1.73 bits per heavy atom. The zero-order chi connectivity index (χ0) is 20.9. The largest absolute Gasteiger partial charge is 0.354 e. The third-order valence-corrected chi connectivity index (χ3v) is 6.77. The van der Waals surface area contributed by atoms with Crippen LogP contribution in [0.1, 0.15) is 25.3 Å². The lowest BCUT2D eigenvalue weighted by Gasteiger charge is -2.40. The molecule has 0 aliphatic carbocycles. The van der Waals surface area contributed by atoms with Gasteiger partial charge in [-0.1, -0.05) is 41.9 Å². The molecule has 0 N–H and O–H groups in total. The van der Waals surface area contributed by atoms with E-state index < -0.39 is 0 Å². The number of piperidine rings is 1. The molecular weight excluding hydrogens is 396 g/mol. The van der Waals surface area contributed by atoms with Crippen LogP contribution in [0, 0.1) is 5.92 Å². The van der Waals surface area contributed by atoms with Crippen molar-refractivity contribution in [3.05, 3.63) is 59.2 Å². The molecule has 0 bridgehead atoms. The molecule has 3 heterocycles. The molecule has 2 aliphatic heterocycles. The molecule has 30 heavy (non-hydrogen) atoms. The average Bonchev–Trinajstić information content (AvgIpc) is 2.80. The smallest absolute Gasteiger partial charge is 0.239 e. The van der Waals surface area contributed by atoms with Gasteiger partial charge in [0.2, 0.25) is 5.91 Å². The number of aromatic nitrogens is 1. The van der Waals surface area contributed by atoms with E-state index in [1.165, 1.54) is 5.56 Å². The highest BCUT2D eigenvalue weighted by Crippen LogP contribution is 2.23. The van der Waals surface area contributed by atoms with Crippen LogP contribution >= 0.6 is 11.6 Å². The number of pyridine rings is 1. The Kier molecular flexibility index (Phi) is 6.90. The fourth-order valence-electron chi connectivity index (χ4n) is 4.62. The lowest BCUT2D eigenvalue weighted by atomic mass is 9.90. The number of carbonyl (C=O) groups excluding carboxylic acids is 1. The number of halogens is 1. The van der Waals surface area contributed by atoms with Crippen LogP contribution in [0.2, 0.25) is 5.02 Å². The molecule has 0 saturated carbocycles. The van der Waals surface area contributed by atoms with Gasteiger partial charge in [0.25, 0.3) is 0 Å². The monoisotopic (exact) mass is 426 g/mol. The zero-order valence-electron chi connectivity index (χ0n) is 17.7. The van der Waals surface area contributed by atoms with Crippen molar-refractivity contribution in [1.29, 1.82) is 0 Å². The molecule has 4 rings (SSSR count). The van der Waals surface area contributed by atoms with E-state index in [-0.39, 0.29) is 11.9 Å². The molecule has 160 valence electrons. The Labute approximate surface area is 184 Å². The summed E-state index contributed by atoms with van der Waals surface area (Å²) in [5.74, 6) is 1.92. The summed E-state index contributed by atoms with van der Waals surface area (Å²) >= 11 is 5.94. The van der Waals surface area contributed by atoms with Gasteiger partial charge in [0.1, 0.15) is 5.82 Å². The van der Waals surface area contributed by atoms with Gasteiger partial charge in [-0.15, -0.1) is 0 Å². The van der Waals surface area contributed by atoms with E-state index in [1.807, 2.05) is 12.1 Å². The van der Waals surface area contributed by atoms with Crippen LogP contribution < -0.4 is 4.90 Å². The zero-order valence-corrected chi connectivity index (χ0v) is 18.5. The first-order valence-electron chi connectivity index (χ1n) is 11.0. The summed E-state index contributed by atoms with van der Waals surface area (Å²) < 4.78 is 0. The van der Waals surface area contributed by atoms with E-state index in [0.717, 1.165) is 64.3 Å². The van der Waals surface area contributed by atoms with E-state index in [0.29, 0.717) is 10.9 Å². The standard InChI is InChI=1S/C24H31ClN4O/c1-19(27-13-15-28(16-14-27)23-8-7-22(25)18-26-23)24(30)29-11-9-21(10-12-29)17-20-5-3-2-4-6-20/h2-8,18-19,21H,9-17H2,1H3. The van der Waals surface area contributed by atoms with Crippen molar-refractivity contribution in [2.24, 2.45) is 5.92 Å². The highest BCUT2D eigenvalue weighted by atomic mass is 35.5. The Morgan fingerprint density at radius 1 is 1.03 bits per heavy atom. The number of hydrogen-bond donors (Lipinski definition) is 0. The van der Waals surface area contributed by atoms with Crippen molar-refractivity contribution < 1.29 is 4.79 Å². The molecule has 2 fully saturated rings. The predicted molar refractivity (Wildman–Crippen MR) is 122 cm³/mol. The molecule has 2 aliphatic rings. The molecule has 2 aromatic rings. The minimum Gasteiger partial charge on any atom is -0.354 e. The summed E-state index contributed by atoms with van der Waals surface area (Å²) in [5.41, 5.74) is 1.41. The number of benzene rings is 1. The van der Waals surface area contributed by atoms with E-state index in [1.54, 1.807) is 6.20 Å². The highest BCUT2D eigenvalue weighted by Gasteiger charge is 2.31. The van der Waals surface area contributed by atoms with Crippen molar-refractivity contribution in [2.75, 3.05) is 44.2 Å². The number of carbonyl (C=O) groups is 1. The second-order valence-electron chi connectivity index (χ2n) is 8.49. The summed E-state index contributed by atoms with van der Waals surface area (Å²) in [6.45, 7) is 7.35. The average molecular weight is 427 g/mol. The molecule has 1 aromatic heterocycles. The number of amides is 1. The molecule has 5 nitrogen and oxygen atoms in total. The lowest BCUT2D eigenvalue weighted by molar-refractivity contribution is -0.138. The predicted octanol–water partition coefficient (Wildman–Crippen LogP) is 3.73. The molecule has 1 atom stereocenters. The maximum Gasteiger partial charge on any atom is 0.239 e. The van der Waals surface area contributed by atoms with Crippen molar-refractivity contribution in [1.82, 2.24) is 14.8 Å². The van der Waals surface area contributed by atoms with Gasteiger partial charge in [-0.05, 0) is 49.8 Å². The van der Waals surface area contributed by atoms with Gasteiger partial charge in [-0.2, -0.15) is 0 Å². The van der Waals surface area contributed by atoms with Gasteiger partial charge in [0, 0.05) is 45.5 Å². The fraction of sp³-hybridized carbons (Fsp3) is 0.500. The summed E-state index contributed by atoms with van der Waals surface area (Å²) in [6, 6.07) is 14.5. The minimum absolute atomic E-state index is 0.0593. The van der Waals surface area contributed by atoms with Crippen LogP contribution in [0.3, 0.4) is 0 Å². The van der Waals surface area contributed by atoms with Gasteiger partial charge < -0.3 is 9.80 Å². The molecule has 1 aromatic carbocycles. The Bertz CT molecular complexity index is 813. The van der Waals surface area contributed by atoms with Crippen LogP contribution in [-0.4, -0.2) is 66.0 Å². The lowest BCUT2D eigenvalue weighted by Crippen LogP contribution is -2.55. The SMILES string of the molecule is CC(C(=O)N1CCC(Cc2ccccc2)CC1)N1CCN(c2ccc(Cl)cn2)CC1. The van der Waals surface area contributed by atoms with Crippen molar-refractivity contribution in [2.45, 2.75) is 32.2 Å². The van der Waals surface area contributed by atoms with E-state index in [9.17, 15) is 4.79 Å². The van der Waals surface area contributed by atoms with Crippen molar-refractivity contribution >= 4 is 23.3 Å². The number of anilines is 1. The maximum atomic E-state index is 13.1. The van der Waals surface area contributed by atoms with Gasteiger partial charge in [0.15, 0.2) is 0 Å². The number of piperazine rings is 1. The van der Waals surface area contributed by atoms with Gasteiger partial charge in [-0.3, -0.25) is 9.69 Å². The number of nitrogens with zero attached hydrogens (tertiary/aromatic N) is 4. The number of rotatable bonds is 5. The quantitative estimate of drug-likeness (QED) is 0.730. The summed E-state index contributed by atoms with van der Waals surface area (Å²) in [7, 11) is 0. The minimum atomic E-state index is -0.0593. The van der Waals surface area contributed by atoms with Crippen LogP contribution in [-0.2, 0) is 11.2 Å². The van der Waals surface area contributed by atoms with E-state index in [4.69, 9.17) is 11.6 Å². The molecule has 0 spiro atoms. The first-order chi connectivity index (χ1) is 14.6. The molecule has 1 amide bonds. The summed E-state index contributed by atoms with van der Waals surface area (Å²) in [6.07, 6.45) is 5.02. The molecule has 6 heteroatoms. The normalized spacial score (nSPS) is 19.7. The summed E-state index contributed by atoms with van der Waals surface area (Å²) in [5, 5.41) is 0.657. The second kappa shape index (κ2) is 9.80. The second-order valence-corrected chi connectivity index (χ2v) is 8.93. The summed E-state index contributed by atoms with van der Waals surface area (Å²) in [4.78, 5) is 24.2. The van der Waals surface area contributed by atoms with E-state index in [2.05, 4.69) is 56.9 Å². The number of likely N-dealkylation sites (tertiary alicyclic amines) is 1. The molecule has 0 radical (unpaired) electrons. The van der Waals surface area contributed by atoms with Crippen LogP contribution in [0.5, 0.6) is 0 Å². The molecular formula is C24H31ClN4O. The maximum absolute atomic E-state index is 13.1. The third-order valence-electron chi connectivity index (χ3n) is 6.55. The topological polar surface area (TPSA) is 39.7 Å². The molecule has 1 unspecified atom stereocenters. The Morgan fingerprint density at radius 3 is 2.37 bits per heavy atom. The first kappa shape index (κ1) is 21.1.